The third-order valence-corrected chi connectivity index (χ3v) is 4.12. The van der Waals surface area contributed by atoms with E-state index in [-0.39, 0.29) is 12.1 Å². The number of nitrogens with two attached hydrogens (primary N) is 1. The Labute approximate surface area is 121 Å². The smallest absolute Gasteiger partial charge is 0.226 e. The van der Waals surface area contributed by atoms with E-state index in [2.05, 4.69) is 10.1 Å². The molecular weight excluding hydrogens is 254 g/mol. The van der Waals surface area contributed by atoms with E-state index in [4.69, 9.17) is 15.0 Å². The zero-order valence-electron chi connectivity index (χ0n) is 12.7. The van der Waals surface area contributed by atoms with Crippen LogP contribution in [0.4, 0.5) is 0 Å². The van der Waals surface area contributed by atoms with E-state index >= 15 is 0 Å². The average Bonchev–Trinajstić information content (AvgIpc) is 2.89. The molecule has 2 unspecified atom stereocenters. The summed E-state index contributed by atoms with van der Waals surface area (Å²) in [5, 5.41) is 4.12. The van der Waals surface area contributed by atoms with Gasteiger partial charge in [-0.1, -0.05) is 24.4 Å². The predicted octanol–water partition coefficient (Wildman–Crippen LogP) is 3.01. The summed E-state index contributed by atoms with van der Waals surface area (Å²) in [4.78, 5) is 4.51. The van der Waals surface area contributed by atoms with Crippen molar-refractivity contribution in [2.24, 2.45) is 11.7 Å². The van der Waals surface area contributed by atoms with Crippen molar-refractivity contribution in [1.82, 2.24) is 10.1 Å². The van der Waals surface area contributed by atoms with E-state index < -0.39 is 0 Å². The number of hydrogen-bond donors (Lipinski definition) is 1. The van der Waals surface area contributed by atoms with Crippen LogP contribution >= 0.6 is 0 Å². The minimum Gasteiger partial charge on any atom is -0.373 e. The predicted molar refractivity (Wildman–Crippen MR) is 77.2 cm³/mol. The van der Waals surface area contributed by atoms with Crippen LogP contribution in [0, 0.1) is 5.92 Å². The Bertz CT molecular complexity index is 386. The second-order valence-corrected chi connectivity index (χ2v) is 5.97. The minimum atomic E-state index is -0.0127. The fraction of sp³-hybridized carbons (Fsp3) is 0.867. The van der Waals surface area contributed by atoms with Gasteiger partial charge >= 0.3 is 0 Å². The van der Waals surface area contributed by atoms with Gasteiger partial charge in [-0.15, -0.1) is 0 Å². The second-order valence-electron chi connectivity index (χ2n) is 5.97. The Hall–Kier alpha value is -0.940. The lowest BCUT2D eigenvalue weighted by molar-refractivity contribution is 0.0273. The molecule has 5 nitrogen and oxygen atoms in total. The summed E-state index contributed by atoms with van der Waals surface area (Å²) in [5.41, 5.74) is 5.74. The third-order valence-electron chi connectivity index (χ3n) is 4.12. The van der Waals surface area contributed by atoms with Crippen molar-refractivity contribution >= 4 is 0 Å². The molecule has 20 heavy (non-hydrogen) atoms. The van der Waals surface area contributed by atoms with Gasteiger partial charge in [-0.05, 0) is 38.5 Å². The Kier molecular flexibility index (Phi) is 5.98. The van der Waals surface area contributed by atoms with Crippen LogP contribution in [0.3, 0.4) is 0 Å². The first-order chi connectivity index (χ1) is 9.70. The molecule has 0 spiro atoms. The van der Waals surface area contributed by atoms with Crippen LogP contribution in [0.25, 0.3) is 0 Å². The highest BCUT2D eigenvalue weighted by Gasteiger charge is 2.28. The van der Waals surface area contributed by atoms with Crippen LogP contribution in [0.5, 0.6) is 0 Å². The maximum Gasteiger partial charge on any atom is 0.226 e. The topological polar surface area (TPSA) is 74.2 Å². The van der Waals surface area contributed by atoms with Crippen LogP contribution in [0.15, 0.2) is 4.52 Å². The van der Waals surface area contributed by atoms with Crippen molar-refractivity contribution in [3.63, 3.8) is 0 Å². The molecule has 1 fully saturated rings. The fourth-order valence-electron chi connectivity index (χ4n) is 3.01. The highest BCUT2D eigenvalue weighted by atomic mass is 16.5. The number of aryl methyl sites for hydroxylation is 1. The van der Waals surface area contributed by atoms with E-state index in [0.717, 1.165) is 25.1 Å². The summed E-state index contributed by atoms with van der Waals surface area (Å²) in [6.07, 6.45) is 9.06. The van der Waals surface area contributed by atoms with Gasteiger partial charge in [0.25, 0.3) is 0 Å². The number of ether oxygens (including phenoxy) is 1. The minimum absolute atomic E-state index is 0.0127. The van der Waals surface area contributed by atoms with E-state index in [9.17, 15) is 0 Å². The van der Waals surface area contributed by atoms with Crippen molar-refractivity contribution in [3.05, 3.63) is 11.7 Å². The number of methoxy groups -OCH3 is 1. The number of rotatable bonds is 7. The van der Waals surface area contributed by atoms with Crippen LogP contribution in [-0.4, -0.2) is 23.3 Å². The molecule has 1 aromatic heterocycles. The van der Waals surface area contributed by atoms with Gasteiger partial charge in [-0.3, -0.25) is 0 Å². The maximum atomic E-state index is 5.74. The molecule has 0 bridgehead atoms. The molecule has 0 aliphatic heterocycles. The molecule has 2 rings (SSSR count). The first-order valence-corrected chi connectivity index (χ1v) is 7.81. The van der Waals surface area contributed by atoms with Gasteiger partial charge in [0.2, 0.25) is 11.7 Å². The molecule has 114 valence electrons. The van der Waals surface area contributed by atoms with Crippen molar-refractivity contribution in [2.45, 2.75) is 70.4 Å². The second kappa shape index (κ2) is 7.74. The molecule has 1 aliphatic carbocycles. The maximum absolute atomic E-state index is 5.74. The van der Waals surface area contributed by atoms with E-state index in [1.54, 1.807) is 7.11 Å². The largest absolute Gasteiger partial charge is 0.373 e. The van der Waals surface area contributed by atoms with Gasteiger partial charge in [0.1, 0.15) is 6.10 Å². The molecule has 1 aliphatic rings. The zero-order valence-corrected chi connectivity index (χ0v) is 12.7. The average molecular weight is 281 g/mol. The van der Waals surface area contributed by atoms with Gasteiger partial charge in [0, 0.05) is 19.6 Å². The molecule has 2 N–H and O–H groups in total. The van der Waals surface area contributed by atoms with Crippen LogP contribution in [0.1, 0.15) is 69.7 Å². The first-order valence-electron chi connectivity index (χ1n) is 7.81. The quantitative estimate of drug-likeness (QED) is 0.831. The van der Waals surface area contributed by atoms with Crippen LogP contribution in [-0.2, 0) is 11.2 Å². The third kappa shape index (κ3) is 4.28. The summed E-state index contributed by atoms with van der Waals surface area (Å²) in [6.45, 7) is 2.02. The van der Waals surface area contributed by atoms with Gasteiger partial charge < -0.3 is 15.0 Å². The molecule has 0 amide bonds. The summed E-state index contributed by atoms with van der Waals surface area (Å²) < 4.78 is 11.0. The Balaban J connectivity index is 1.91. The monoisotopic (exact) mass is 281 g/mol. The number of hydrogen-bond acceptors (Lipinski definition) is 5. The van der Waals surface area contributed by atoms with E-state index in [0.29, 0.717) is 11.8 Å². The number of nitrogens with zero attached hydrogens (tertiary/aromatic N) is 2. The summed E-state index contributed by atoms with van der Waals surface area (Å²) in [5.74, 6) is 1.96. The molecule has 0 aromatic carbocycles. The van der Waals surface area contributed by atoms with Gasteiger partial charge in [-0.25, -0.2) is 0 Å². The molecular formula is C15H27N3O2. The van der Waals surface area contributed by atoms with E-state index in [1.165, 1.54) is 32.1 Å². The van der Waals surface area contributed by atoms with Crippen molar-refractivity contribution in [3.8, 4) is 0 Å². The normalized spacial score (nSPS) is 19.9. The Morgan fingerprint density at radius 2 is 2.10 bits per heavy atom. The summed E-state index contributed by atoms with van der Waals surface area (Å²) in [6, 6.07) is 0.228. The van der Waals surface area contributed by atoms with Crippen molar-refractivity contribution in [1.29, 1.82) is 0 Å². The van der Waals surface area contributed by atoms with Crippen molar-refractivity contribution in [2.75, 3.05) is 7.11 Å². The summed E-state index contributed by atoms with van der Waals surface area (Å²) >= 11 is 0. The fourth-order valence-corrected chi connectivity index (χ4v) is 3.01. The molecule has 0 radical (unpaired) electrons. The standard InChI is InChI=1S/C15H27N3O2/c1-11(16)7-6-10-13-17-15(18-20-13)14(19-2)12-8-4-3-5-9-12/h11-12,14H,3-10,16H2,1-2H3. The SMILES string of the molecule is COC(c1noc(CCCC(C)N)n1)C1CCCCC1. The van der Waals surface area contributed by atoms with Gasteiger partial charge in [0.15, 0.2) is 0 Å². The molecule has 1 aromatic rings. The number of aromatic nitrogens is 2. The molecule has 2 atom stereocenters. The lowest BCUT2D eigenvalue weighted by atomic mass is 9.85. The van der Waals surface area contributed by atoms with Crippen LogP contribution in [0.2, 0.25) is 0 Å². The first kappa shape index (κ1) is 15.4. The Morgan fingerprint density at radius 3 is 2.75 bits per heavy atom. The van der Waals surface area contributed by atoms with E-state index in [1.807, 2.05) is 6.92 Å². The van der Waals surface area contributed by atoms with Crippen LogP contribution < -0.4 is 5.73 Å². The zero-order chi connectivity index (χ0) is 14.4. The lowest BCUT2D eigenvalue weighted by Crippen LogP contribution is -2.19. The Morgan fingerprint density at radius 1 is 1.35 bits per heavy atom. The van der Waals surface area contributed by atoms with Gasteiger partial charge in [0.05, 0.1) is 0 Å². The highest BCUT2D eigenvalue weighted by Crippen LogP contribution is 2.35. The van der Waals surface area contributed by atoms with Crippen molar-refractivity contribution < 1.29 is 9.26 Å². The molecule has 1 heterocycles. The summed E-state index contributed by atoms with van der Waals surface area (Å²) in [7, 11) is 1.74. The van der Waals surface area contributed by atoms with Gasteiger partial charge in [-0.2, -0.15) is 4.98 Å². The lowest BCUT2D eigenvalue weighted by Gasteiger charge is -2.26. The molecule has 5 heteroatoms. The molecule has 0 saturated heterocycles. The highest BCUT2D eigenvalue weighted by molar-refractivity contribution is 4.95. The molecule has 1 saturated carbocycles.